The molecule has 2 heteroatoms. The Labute approximate surface area is 106 Å². The van der Waals surface area contributed by atoms with Gasteiger partial charge in [-0.05, 0) is 18.9 Å². The lowest BCUT2D eigenvalue weighted by molar-refractivity contribution is 0.625. The van der Waals surface area contributed by atoms with E-state index in [1.165, 1.54) is 6.07 Å². The van der Waals surface area contributed by atoms with Crippen molar-refractivity contribution >= 4 is 17.7 Å². The van der Waals surface area contributed by atoms with Gasteiger partial charge in [0, 0.05) is 5.56 Å². The van der Waals surface area contributed by atoms with Crippen molar-refractivity contribution in [3.63, 3.8) is 0 Å². The lowest BCUT2D eigenvalue weighted by Crippen LogP contribution is -2.14. The van der Waals surface area contributed by atoms with Crippen LogP contribution < -0.4 is 0 Å². The van der Waals surface area contributed by atoms with Gasteiger partial charge in [0.15, 0.2) is 0 Å². The number of hydrogen-bond acceptors (Lipinski definition) is 0. The SMILES string of the molecule is [CH2]C1C=CC(Cl)(/C=C/c2ccccc2F)C=C1. The molecule has 0 nitrogen and oxygen atoms in total. The predicted octanol–water partition coefficient (Wildman–Crippen LogP) is 4.39. The number of halogens is 2. The highest BCUT2D eigenvalue weighted by Crippen LogP contribution is 2.27. The minimum absolute atomic E-state index is 0.156. The molecular formula is C15H13ClF. The Balaban J connectivity index is 2.19. The van der Waals surface area contributed by atoms with Crippen LogP contribution in [0.5, 0.6) is 0 Å². The standard InChI is InChI=1S/C15H13ClF/c1-12-6-9-15(16,10-7-12)11-8-13-4-2-3-5-14(13)17/h2-12H,1H2/b11-8+. The van der Waals surface area contributed by atoms with Crippen molar-refractivity contribution in [1.82, 2.24) is 0 Å². The van der Waals surface area contributed by atoms with Crippen molar-refractivity contribution in [3.8, 4) is 0 Å². The third-order valence-electron chi connectivity index (χ3n) is 2.62. The number of allylic oxidation sites excluding steroid dienone is 5. The fraction of sp³-hybridized carbons (Fsp3) is 0.133. The maximum Gasteiger partial charge on any atom is 0.130 e. The molecule has 17 heavy (non-hydrogen) atoms. The van der Waals surface area contributed by atoms with Crippen molar-refractivity contribution in [2.75, 3.05) is 0 Å². The van der Waals surface area contributed by atoms with Crippen molar-refractivity contribution in [2.45, 2.75) is 4.87 Å². The van der Waals surface area contributed by atoms with Crippen LogP contribution in [0.4, 0.5) is 4.39 Å². The summed E-state index contributed by atoms with van der Waals surface area (Å²) in [6, 6.07) is 6.60. The van der Waals surface area contributed by atoms with Crippen molar-refractivity contribution in [3.05, 3.63) is 72.9 Å². The van der Waals surface area contributed by atoms with Gasteiger partial charge in [-0.2, -0.15) is 0 Å². The van der Waals surface area contributed by atoms with Gasteiger partial charge in [-0.15, -0.1) is 11.6 Å². The summed E-state index contributed by atoms with van der Waals surface area (Å²) >= 11 is 6.33. The molecule has 1 aliphatic carbocycles. The average molecular weight is 248 g/mol. The fourth-order valence-corrected chi connectivity index (χ4v) is 1.81. The molecule has 0 saturated carbocycles. The monoisotopic (exact) mass is 247 g/mol. The Bertz CT molecular complexity index is 471. The Hall–Kier alpha value is -1.34. The van der Waals surface area contributed by atoms with Crippen LogP contribution in [0, 0.1) is 18.7 Å². The molecule has 1 aromatic rings. The van der Waals surface area contributed by atoms with E-state index in [0.717, 1.165) is 0 Å². The van der Waals surface area contributed by atoms with Crippen molar-refractivity contribution in [2.24, 2.45) is 5.92 Å². The minimum Gasteiger partial charge on any atom is -0.206 e. The summed E-state index contributed by atoms with van der Waals surface area (Å²) in [6.07, 6.45) is 11.1. The first-order chi connectivity index (χ1) is 8.09. The van der Waals surface area contributed by atoms with Gasteiger partial charge in [0.05, 0.1) is 4.87 Å². The van der Waals surface area contributed by atoms with Gasteiger partial charge in [-0.1, -0.05) is 54.7 Å². The van der Waals surface area contributed by atoms with Crippen LogP contribution in [0.3, 0.4) is 0 Å². The summed E-state index contributed by atoms with van der Waals surface area (Å²) < 4.78 is 13.4. The zero-order chi connectivity index (χ0) is 12.3. The minimum atomic E-state index is -0.670. The van der Waals surface area contributed by atoms with Crippen molar-refractivity contribution in [1.29, 1.82) is 0 Å². The zero-order valence-electron chi connectivity index (χ0n) is 9.31. The topological polar surface area (TPSA) is 0 Å². The molecule has 1 radical (unpaired) electrons. The fourth-order valence-electron chi connectivity index (χ4n) is 1.60. The summed E-state index contributed by atoms with van der Waals surface area (Å²) in [4.78, 5) is -0.670. The van der Waals surface area contributed by atoms with E-state index in [9.17, 15) is 4.39 Å². The lowest BCUT2D eigenvalue weighted by atomic mass is 9.96. The largest absolute Gasteiger partial charge is 0.206 e. The number of alkyl halides is 1. The molecule has 1 aliphatic rings. The van der Waals surface area contributed by atoms with E-state index in [-0.39, 0.29) is 11.7 Å². The molecule has 0 fully saturated rings. The van der Waals surface area contributed by atoms with Crippen LogP contribution in [0.25, 0.3) is 6.08 Å². The van der Waals surface area contributed by atoms with E-state index in [2.05, 4.69) is 6.92 Å². The first-order valence-electron chi connectivity index (χ1n) is 5.43. The van der Waals surface area contributed by atoms with Gasteiger partial charge >= 0.3 is 0 Å². The van der Waals surface area contributed by atoms with Gasteiger partial charge < -0.3 is 0 Å². The van der Waals surface area contributed by atoms with Crippen LogP contribution in [-0.4, -0.2) is 4.87 Å². The predicted molar refractivity (Wildman–Crippen MR) is 71.1 cm³/mol. The maximum absolute atomic E-state index is 13.4. The van der Waals surface area contributed by atoms with Crippen LogP contribution in [0.1, 0.15) is 5.56 Å². The summed E-state index contributed by atoms with van der Waals surface area (Å²) in [5.74, 6) is -0.0912. The highest BCUT2D eigenvalue weighted by atomic mass is 35.5. The van der Waals surface area contributed by atoms with Gasteiger partial charge in [0.25, 0.3) is 0 Å². The maximum atomic E-state index is 13.4. The quantitative estimate of drug-likeness (QED) is 0.537. The molecule has 0 saturated heterocycles. The molecule has 0 spiro atoms. The number of benzene rings is 1. The second-order valence-corrected chi connectivity index (χ2v) is 4.72. The van der Waals surface area contributed by atoms with Gasteiger partial charge in [-0.3, -0.25) is 0 Å². The molecule has 0 aliphatic heterocycles. The van der Waals surface area contributed by atoms with Gasteiger partial charge in [-0.25, -0.2) is 4.39 Å². The Kier molecular flexibility index (Phi) is 3.49. The molecular weight excluding hydrogens is 235 g/mol. The smallest absolute Gasteiger partial charge is 0.130 e. The molecule has 2 rings (SSSR count). The molecule has 87 valence electrons. The Morgan fingerprint density at radius 3 is 2.53 bits per heavy atom. The van der Waals surface area contributed by atoms with E-state index in [0.29, 0.717) is 5.56 Å². The van der Waals surface area contributed by atoms with Crippen LogP contribution in [0.15, 0.2) is 54.6 Å². The molecule has 0 bridgehead atoms. The lowest BCUT2D eigenvalue weighted by Gasteiger charge is -2.19. The number of hydrogen-bond donors (Lipinski definition) is 0. The Morgan fingerprint density at radius 2 is 1.88 bits per heavy atom. The highest BCUT2D eigenvalue weighted by molar-refractivity contribution is 6.28. The third-order valence-corrected chi connectivity index (χ3v) is 3.00. The third kappa shape index (κ3) is 3.07. The van der Waals surface area contributed by atoms with Crippen LogP contribution in [-0.2, 0) is 0 Å². The highest BCUT2D eigenvalue weighted by Gasteiger charge is 2.19. The summed E-state index contributed by atoms with van der Waals surface area (Å²) in [5, 5.41) is 0. The van der Waals surface area contributed by atoms with Crippen LogP contribution in [0.2, 0.25) is 0 Å². The normalized spacial score (nSPS) is 27.8. The van der Waals surface area contributed by atoms with Gasteiger partial charge in [0.2, 0.25) is 0 Å². The first kappa shape index (κ1) is 12.1. The molecule has 1 aromatic carbocycles. The zero-order valence-corrected chi connectivity index (χ0v) is 10.1. The molecule has 0 N–H and O–H groups in total. The van der Waals surface area contributed by atoms with E-state index in [1.54, 1.807) is 30.4 Å². The molecule has 0 aromatic heterocycles. The Morgan fingerprint density at radius 1 is 1.24 bits per heavy atom. The average Bonchev–Trinajstić information content (AvgIpc) is 2.33. The van der Waals surface area contributed by atoms with Crippen LogP contribution >= 0.6 is 11.6 Å². The number of rotatable bonds is 2. The van der Waals surface area contributed by atoms with Crippen molar-refractivity contribution < 1.29 is 4.39 Å². The van der Waals surface area contributed by atoms with Gasteiger partial charge in [0.1, 0.15) is 5.82 Å². The van der Waals surface area contributed by atoms with E-state index < -0.39 is 4.87 Å². The van der Waals surface area contributed by atoms with E-state index in [4.69, 9.17) is 11.6 Å². The molecule has 0 atom stereocenters. The van der Waals surface area contributed by atoms with E-state index in [1.807, 2.05) is 24.3 Å². The molecule has 0 heterocycles. The second-order valence-electron chi connectivity index (χ2n) is 4.06. The summed E-state index contributed by atoms with van der Waals surface area (Å²) in [5.41, 5.74) is 0.533. The second kappa shape index (κ2) is 4.89. The summed E-state index contributed by atoms with van der Waals surface area (Å²) in [7, 11) is 0. The first-order valence-corrected chi connectivity index (χ1v) is 5.81. The molecule has 0 unspecified atom stereocenters. The molecule has 0 amide bonds. The summed E-state index contributed by atoms with van der Waals surface area (Å²) in [6.45, 7) is 3.88. The van der Waals surface area contributed by atoms with E-state index >= 15 is 0 Å².